The highest BCUT2D eigenvalue weighted by atomic mass is 32.1. The number of aromatic nitrogens is 2. The number of hydrogen-bond acceptors (Lipinski definition) is 5. The van der Waals surface area contributed by atoms with E-state index in [2.05, 4.69) is 46.7 Å². The van der Waals surface area contributed by atoms with Crippen LogP contribution in [-0.2, 0) is 17.6 Å². The predicted octanol–water partition coefficient (Wildman–Crippen LogP) is 4.35. The second-order valence-electron chi connectivity index (χ2n) is 5.86. The molecule has 0 aliphatic rings. The van der Waals surface area contributed by atoms with Gasteiger partial charge in [-0.25, -0.2) is 0 Å². The summed E-state index contributed by atoms with van der Waals surface area (Å²) >= 11 is 1.36. The number of rotatable bonds is 7. The quantitative estimate of drug-likeness (QED) is 0.674. The van der Waals surface area contributed by atoms with Crippen LogP contribution in [-0.4, -0.2) is 23.2 Å². The van der Waals surface area contributed by atoms with Crippen molar-refractivity contribution in [2.24, 2.45) is 0 Å². The molecular formula is C20H21N3O2S. The Kier molecular flexibility index (Phi) is 5.96. The summed E-state index contributed by atoms with van der Waals surface area (Å²) in [5.41, 5.74) is 3.41. The monoisotopic (exact) mass is 367 g/mol. The van der Waals surface area contributed by atoms with E-state index < -0.39 is 0 Å². The summed E-state index contributed by atoms with van der Waals surface area (Å²) in [6, 6.07) is 16.0. The number of benzene rings is 2. The number of aryl methyl sites for hydroxylation is 2. The Morgan fingerprint density at radius 1 is 1.04 bits per heavy atom. The number of amides is 1. The molecule has 1 heterocycles. The molecule has 2 aromatic carbocycles. The average molecular weight is 367 g/mol. The number of methoxy groups -OCH3 is 1. The molecule has 1 N–H and O–H groups in total. The lowest BCUT2D eigenvalue weighted by atomic mass is 10.1. The van der Waals surface area contributed by atoms with Crippen LogP contribution in [0, 0.1) is 0 Å². The first-order chi connectivity index (χ1) is 12.7. The standard InChI is InChI=1S/C20H21N3O2S/c1-3-14-4-6-15(7-5-14)8-13-18(24)21-20-23-22-19(26-20)16-9-11-17(25-2)12-10-16/h4-7,9-12H,3,8,13H2,1-2H3,(H,21,23,24). The minimum atomic E-state index is -0.0537. The van der Waals surface area contributed by atoms with Gasteiger partial charge in [0.25, 0.3) is 0 Å². The first-order valence-corrected chi connectivity index (χ1v) is 9.35. The molecule has 0 aliphatic carbocycles. The van der Waals surface area contributed by atoms with Crippen molar-refractivity contribution in [3.63, 3.8) is 0 Å². The van der Waals surface area contributed by atoms with Gasteiger partial charge in [-0.15, -0.1) is 10.2 Å². The van der Waals surface area contributed by atoms with Crippen LogP contribution < -0.4 is 10.1 Å². The maximum Gasteiger partial charge on any atom is 0.226 e. The number of carbonyl (C=O) groups excluding carboxylic acids is 1. The molecule has 0 spiro atoms. The third-order valence-corrected chi connectivity index (χ3v) is 4.97. The second-order valence-corrected chi connectivity index (χ2v) is 6.84. The SMILES string of the molecule is CCc1ccc(CCC(=O)Nc2nnc(-c3ccc(OC)cc3)s2)cc1. The van der Waals surface area contributed by atoms with E-state index in [-0.39, 0.29) is 5.91 Å². The summed E-state index contributed by atoms with van der Waals surface area (Å²) in [6.45, 7) is 2.13. The Morgan fingerprint density at radius 2 is 1.73 bits per heavy atom. The third kappa shape index (κ3) is 4.67. The van der Waals surface area contributed by atoms with Crippen molar-refractivity contribution in [1.82, 2.24) is 10.2 Å². The van der Waals surface area contributed by atoms with Gasteiger partial charge in [-0.05, 0) is 48.2 Å². The number of carbonyl (C=O) groups is 1. The molecule has 5 nitrogen and oxygen atoms in total. The highest BCUT2D eigenvalue weighted by molar-refractivity contribution is 7.18. The molecule has 134 valence electrons. The molecule has 0 fully saturated rings. The lowest BCUT2D eigenvalue weighted by Crippen LogP contribution is -2.12. The lowest BCUT2D eigenvalue weighted by Gasteiger charge is -2.03. The molecule has 1 amide bonds. The topological polar surface area (TPSA) is 64.1 Å². The minimum Gasteiger partial charge on any atom is -0.497 e. The van der Waals surface area contributed by atoms with Gasteiger partial charge < -0.3 is 10.1 Å². The molecule has 0 saturated heterocycles. The van der Waals surface area contributed by atoms with Gasteiger partial charge in [-0.2, -0.15) is 0 Å². The fourth-order valence-electron chi connectivity index (χ4n) is 2.51. The summed E-state index contributed by atoms with van der Waals surface area (Å²) in [6.07, 6.45) is 2.15. The summed E-state index contributed by atoms with van der Waals surface area (Å²) in [5.74, 6) is 0.737. The zero-order valence-electron chi connectivity index (χ0n) is 14.9. The van der Waals surface area contributed by atoms with Gasteiger partial charge in [0.15, 0.2) is 0 Å². The average Bonchev–Trinajstić information content (AvgIpc) is 3.15. The molecule has 0 atom stereocenters. The fraction of sp³-hybridized carbons (Fsp3) is 0.250. The molecular weight excluding hydrogens is 346 g/mol. The Hall–Kier alpha value is -2.73. The highest BCUT2D eigenvalue weighted by Crippen LogP contribution is 2.27. The van der Waals surface area contributed by atoms with Crippen LogP contribution in [0.25, 0.3) is 10.6 Å². The van der Waals surface area contributed by atoms with Gasteiger partial charge in [0.2, 0.25) is 11.0 Å². The van der Waals surface area contributed by atoms with Crippen molar-refractivity contribution in [1.29, 1.82) is 0 Å². The lowest BCUT2D eigenvalue weighted by molar-refractivity contribution is -0.116. The second kappa shape index (κ2) is 8.58. The minimum absolute atomic E-state index is 0.0537. The van der Waals surface area contributed by atoms with Gasteiger partial charge in [0.1, 0.15) is 10.8 Å². The van der Waals surface area contributed by atoms with E-state index in [9.17, 15) is 4.79 Å². The largest absolute Gasteiger partial charge is 0.497 e. The van der Waals surface area contributed by atoms with E-state index in [0.717, 1.165) is 28.3 Å². The molecule has 0 aliphatic heterocycles. The van der Waals surface area contributed by atoms with Crippen LogP contribution in [0.5, 0.6) is 5.75 Å². The van der Waals surface area contributed by atoms with E-state index in [4.69, 9.17) is 4.74 Å². The normalized spacial score (nSPS) is 10.5. The van der Waals surface area contributed by atoms with Crippen LogP contribution in [0.15, 0.2) is 48.5 Å². The molecule has 3 aromatic rings. The predicted molar refractivity (Wildman–Crippen MR) is 105 cm³/mol. The van der Waals surface area contributed by atoms with E-state index in [1.807, 2.05) is 24.3 Å². The molecule has 26 heavy (non-hydrogen) atoms. The van der Waals surface area contributed by atoms with Gasteiger partial charge >= 0.3 is 0 Å². The first-order valence-electron chi connectivity index (χ1n) is 8.53. The Balaban J connectivity index is 1.55. The molecule has 0 radical (unpaired) electrons. The van der Waals surface area contributed by atoms with Crippen molar-refractivity contribution in [2.45, 2.75) is 26.2 Å². The fourth-order valence-corrected chi connectivity index (χ4v) is 3.27. The van der Waals surface area contributed by atoms with Crippen molar-refractivity contribution >= 4 is 22.4 Å². The zero-order chi connectivity index (χ0) is 18.4. The smallest absolute Gasteiger partial charge is 0.226 e. The Morgan fingerprint density at radius 3 is 2.38 bits per heavy atom. The zero-order valence-corrected chi connectivity index (χ0v) is 15.7. The maximum atomic E-state index is 12.1. The molecule has 0 saturated carbocycles. The van der Waals surface area contributed by atoms with Gasteiger partial charge in [-0.1, -0.05) is 42.5 Å². The van der Waals surface area contributed by atoms with Crippen molar-refractivity contribution in [2.75, 3.05) is 12.4 Å². The summed E-state index contributed by atoms with van der Waals surface area (Å²) in [5, 5.41) is 12.3. The van der Waals surface area contributed by atoms with Crippen molar-refractivity contribution < 1.29 is 9.53 Å². The van der Waals surface area contributed by atoms with Crippen LogP contribution in [0.1, 0.15) is 24.5 Å². The van der Waals surface area contributed by atoms with Crippen LogP contribution in [0.2, 0.25) is 0 Å². The van der Waals surface area contributed by atoms with Crippen LogP contribution in [0.4, 0.5) is 5.13 Å². The molecule has 0 bridgehead atoms. The summed E-state index contributed by atoms with van der Waals surface area (Å²) in [4.78, 5) is 12.1. The Labute approximate surface area is 157 Å². The van der Waals surface area contributed by atoms with Gasteiger partial charge in [0, 0.05) is 12.0 Å². The number of anilines is 1. The van der Waals surface area contributed by atoms with Crippen molar-refractivity contribution in [3.05, 3.63) is 59.7 Å². The first kappa shape index (κ1) is 18.1. The Bertz CT molecular complexity index is 858. The molecule has 6 heteroatoms. The van der Waals surface area contributed by atoms with Gasteiger partial charge in [-0.3, -0.25) is 4.79 Å². The number of hydrogen-bond donors (Lipinski definition) is 1. The van der Waals surface area contributed by atoms with Crippen LogP contribution in [0.3, 0.4) is 0 Å². The van der Waals surface area contributed by atoms with Gasteiger partial charge in [0.05, 0.1) is 7.11 Å². The van der Waals surface area contributed by atoms with Crippen molar-refractivity contribution in [3.8, 4) is 16.3 Å². The maximum absolute atomic E-state index is 12.1. The number of ether oxygens (including phenoxy) is 1. The number of nitrogens with one attached hydrogen (secondary N) is 1. The molecule has 1 aromatic heterocycles. The van der Waals surface area contributed by atoms with Crippen LogP contribution >= 0.6 is 11.3 Å². The van der Waals surface area contributed by atoms with E-state index >= 15 is 0 Å². The summed E-state index contributed by atoms with van der Waals surface area (Å²) < 4.78 is 5.15. The number of nitrogens with zero attached hydrogens (tertiary/aromatic N) is 2. The van der Waals surface area contributed by atoms with E-state index in [0.29, 0.717) is 18.0 Å². The van der Waals surface area contributed by atoms with E-state index in [1.165, 1.54) is 16.9 Å². The third-order valence-electron chi connectivity index (χ3n) is 4.08. The molecule has 3 rings (SSSR count). The summed E-state index contributed by atoms with van der Waals surface area (Å²) in [7, 11) is 1.63. The molecule has 0 unspecified atom stereocenters. The van der Waals surface area contributed by atoms with E-state index in [1.54, 1.807) is 7.11 Å². The highest BCUT2D eigenvalue weighted by Gasteiger charge is 2.10.